The molecule has 1 aliphatic rings. The molecule has 1 aromatic carbocycles. The molecular weight excluding hydrogens is 210 g/mol. The van der Waals surface area contributed by atoms with Crippen molar-refractivity contribution in [3.63, 3.8) is 0 Å². The minimum absolute atomic E-state index is 0.184. The summed E-state index contributed by atoms with van der Waals surface area (Å²) in [6.07, 6.45) is 2.41. The first-order chi connectivity index (χ1) is 8.09. The summed E-state index contributed by atoms with van der Waals surface area (Å²) in [6, 6.07) is 7.02. The Balaban J connectivity index is 2.41. The summed E-state index contributed by atoms with van der Waals surface area (Å²) < 4.78 is 2.26. The van der Waals surface area contributed by atoms with Crippen LogP contribution in [0.4, 0.5) is 0 Å². The summed E-state index contributed by atoms with van der Waals surface area (Å²) in [5.41, 5.74) is 4.54. The third-order valence-corrected chi connectivity index (χ3v) is 3.66. The van der Waals surface area contributed by atoms with Crippen LogP contribution in [0, 0.1) is 13.8 Å². The minimum Gasteiger partial charge on any atom is -0.335 e. The highest BCUT2D eigenvalue weighted by Gasteiger charge is 2.30. The van der Waals surface area contributed by atoms with Gasteiger partial charge in [0.05, 0.1) is 5.69 Å². The molecule has 3 rings (SSSR count). The minimum atomic E-state index is 0.184. The van der Waals surface area contributed by atoms with Crippen molar-refractivity contribution >= 4 is 16.7 Å². The molecule has 0 aliphatic heterocycles. The van der Waals surface area contributed by atoms with Crippen LogP contribution in [-0.4, -0.2) is 10.4 Å². The zero-order chi connectivity index (χ0) is 12.2. The molecule has 0 N–H and O–H groups in total. The number of nitrogens with zero attached hydrogens (tertiary/aromatic N) is 1. The summed E-state index contributed by atoms with van der Waals surface area (Å²) in [7, 11) is 0. The molecule has 1 aromatic heterocycles. The zero-order valence-corrected chi connectivity index (χ0v) is 10.6. The van der Waals surface area contributed by atoms with E-state index in [1.165, 1.54) is 29.3 Å². The summed E-state index contributed by atoms with van der Waals surface area (Å²) in [4.78, 5) is 11.9. The molecule has 1 fully saturated rings. The lowest BCUT2D eigenvalue weighted by Gasteiger charge is -2.07. The van der Waals surface area contributed by atoms with Gasteiger partial charge in [-0.15, -0.1) is 0 Å². The number of benzene rings is 1. The van der Waals surface area contributed by atoms with Gasteiger partial charge in [0.15, 0.2) is 5.78 Å². The van der Waals surface area contributed by atoms with Gasteiger partial charge in [-0.1, -0.05) is 12.1 Å². The van der Waals surface area contributed by atoms with Crippen LogP contribution in [0.15, 0.2) is 18.2 Å². The monoisotopic (exact) mass is 227 g/mol. The largest absolute Gasteiger partial charge is 0.335 e. The van der Waals surface area contributed by atoms with Gasteiger partial charge in [-0.3, -0.25) is 4.79 Å². The molecule has 1 aliphatic carbocycles. The van der Waals surface area contributed by atoms with Crippen LogP contribution in [0.2, 0.25) is 0 Å². The first-order valence-electron chi connectivity index (χ1n) is 6.21. The van der Waals surface area contributed by atoms with Crippen LogP contribution >= 0.6 is 0 Å². The number of aromatic nitrogens is 1. The highest BCUT2D eigenvalue weighted by Crippen LogP contribution is 2.41. The summed E-state index contributed by atoms with van der Waals surface area (Å²) in [6.45, 7) is 5.84. The van der Waals surface area contributed by atoms with Crippen LogP contribution in [0.5, 0.6) is 0 Å². The summed E-state index contributed by atoms with van der Waals surface area (Å²) >= 11 is 0. The van der Waals surface area contributed by atoms with Gasteiger partial charge in [0.25, 0.3) is 0 Å². The maximum Gasteiger partial charge on any atom is 0.176 e. The van der Waals surface area contributed by atoms with E-state index in [1.807, 2.05) is 0 Å². The molecular formula is C15H17NO. The molecule has 0 atom stereocenters. The fourth-order valence-corrected chi connectivity index (χ4v) is 2.73. The van der Waals surface area contributed by atoms with E-state index in [1.54, 1.807) is 6.92 Å². The standard InChI is InChI=1S/C15H17NO/c1-9-4-7-13-10(2)15(11(3)17)16(12-5-6-12)14(13)8-9/h4,7-8,12H,5-6H2,1-3H3. The predicted octanol–water partition coefficient (Wildman–Crippen LogP) is 3.80. The van der Waals surface area contributed by atoms with Crippen molar-refractivity contribution in [2.24, 2.45) is 0 Å². The van der Waals surface area contributed by atoms with Crippen LogP contribution in [0.3, 0.4) is 0 Å². The van der Waals surface area contributed by atoms with Crippen LogP contribution in [-0.2, 0) is 0 Å². The van der Waals surface area contributed by atoms with Crippen molar-refractivity contribution < 1.29 is 4.79 Å². The van der Waals surface area contributed by atoms with Gasteiger partial charge in [0.2, 0.25) is 0 Å². The van der Waals surface area contributed by atoms with Gasteiger partial charge in [-0.05, 0) is 43.9 Å². The number of Topliss-reactive ketones (excluding diaryl/α,β-unsaturated/α-hetero) is 1. The summed E-state index contributed by atoms with van der Waals surface area (Å²) in [5.74, 6) is 0.184. The van der Waals surface area contributed by atoms with Crippen molar-refractivity contribution in [1.29, 1.82) is 0 Å². The molecule has 1 heterocycles. The number of fused-ring (bicyclic) bond motifs is 1. The van der Waals surface area contributed by atoms with Crippen molar-refractivity contribution in [2.45, 2.75) is 39.7 Å². The van der Waals surface area contributed by atoms with E-state index in [9.17, 15) is 4.79 Å². The Hall–Kier alpha value is -1.57. The third kappa shape index (κ3) is 1.51. The number of hydrogen-bond donors (Lipinski definition) is 0. The van der Waals surface area contributed by atoms with Crippen molar-refractivity contribution in [1.82, 2.24) is 4.57 Å². The third-order valence-electron chi connectivity index (χ3n) is 3.66. The molecule has 2 heteroatoms. The number of ketones is 1. The first-order valence-corrected chi connectivity index (χ1v) is 6.21. The van der Waals surface area contributed by atoms with Crippen molar-refractivity contribution in [3.05, 3.63) is 35.0 Å². The van der Waals surface area contributed by atoms with E-state index in [0.717, 1.165) is 11.3 Å². The van der Waals surface area contributed by atoms with Gasteiger partial charge in [-0.2, -0.15) is 0 Å². The van der Waals surface area contributed by atoms with Crippen LogP contribution in [0.1, 0.15) is 47.4 Å². The van der Waals surface area contributed by atoms with Gasteiger partial charge >= 0.3 is 0 Å². The number of aryl methyl sites for hydroxylation is 2. The van der Waals surface area contributed by atoms with E-state index in [2.05, 4.69) is 36.6 Å². The number of carbonyl (C=O) groups excluding carboxylic acids is 1. The molecule has 2 aromatic rings. The Morgan fingerprint density at radius 1 is 1.29 bits per heavy atom. The maximum atomic E-state index is 11.9. The second-order valence-electron chi connectivity index (χ2n) is 5.15. The molecule has 0 unspecified atom stereocenters. The van der Waals surface area contributed by atoms with Gasteiger partial charge in [-0.25, -0.2) is 0 Å². The second kappa shape index (κ2) is 3.46. The molecule has 0 bridgehead atoms. The fourth-order valence-electron chi connectivity index (χ4n) is 2.73. The topological polar surface area (TPSA) is 22.0 Å². The van der Waals surface area contributed by atoms with Crippen molar-refractivity contribution in [3.8, 4) is 0 Å². The Bertz CT molecular complexity index is 617. The predicted molar refractivity (Wildman–Crippen MR) is 69.7 cm³/mol. The molecule has 1 saturated carbocycles. The molecule has 2 nitrogen and oxygen atoms in total. The molecule has 88 valence electrons. The lowest BCUT2D eigenvalue weighted by molar-refractivity contribution is 0.100. The van der Waals surface area contributed by atoms with Gasteiger partial charge in [0, 0.05) is 23.9 Å². The maximum absolute atomic E-state index is 11.9. The van der Waals surface area contributed by atoms with Gasteiger partial charge < -0.3 is 4.57 Å². The van der Waals surface area contributed by atoms with E-state index in [4.69, 9.17) is 0 Å². The van der Waals surface area contributed by atoms with Crippen LogP contribution < -0.4 is 0 Å². The average molecular weight is 227 g/mol. The zero-order valence-electron chi connectivity index (χ0n) is 10.6. The Morgan fingerprint density at radius 3 is 2.59 bits per heavy atom. The highest BCUT2D eigenvalue weighted by molar-refractivity contribution is 6.01. The molecule has 0 amide bonds. The summed E-state index contributed by atoms with van der Waals surface area (Å²) in [5, 5.41) is 1.23. The van der Waals surface area contributed by atoms with E-state index < -0.39 is 0 Å². The van der Waals surface area contributed by atoms with E-state index in [0.29, 0.717) is 6.04 Å². The van der Waals surface area contributed by atoms with E-state index >= 15 is 0 Å². The molecule has 17 heavy (non-hydrogen) atoms. The Morgan fingerprint density at radius 2 is 2.00 bits per heavy atom. The van der Waals surface area contributed by atoms with Crippen LogP contribution in [0.25, 0.3) is 10.9 Å². The lowest BCUT2D eigenvalue weighted by Crippen LogP contribution is -2.06. The smallest absolute Gasteiger partial charge is 0.176 e. The lowest BCUT2D eigenvalue weighted by atomic mass is 10.1. The number of carbonyl (C=O) groups is 1. The first kappa shape index (κ1) is 10.6. The van der Waals surface area contributed by atoms with Crippen molar-refractivity contribution in [2.75, 3.05) is 0 Å². The second-order valence-corrected chi connectivity index (χ2v) is 5.15. The normalized spacial score (nSPS) is 15.5. The molecule has 0 radical (unpaired) electrons. The molecule has 0 saturated heterocycles. The fraction of sp³-hybridized carbons (Fsp3) is 0.400. The van der Waals surface area contributed by atoms with E-state index in [-0.39, 0.29) is 5.78 Å². The average Bonchev–Trinajstić information content (AvgIpc) is 3.04. The number of rotatable bonds is 2. The number of hydrogen-bond acceptors (Lipinski definition) is 1. The van der Waals surface area contributed by atoms with Gasteiger partial charge in [0.1, 0.15) is 0 Å². The highest BCUT2D eigenvalue weighted by atomic mass is 16.1. The Labute approximate surface area is 101 Å². The SMILES string of the molecule is CC(=O)c1c(C)c2ccc(C)cc2n1C1CC1. The quantitative estimate of drug-likeness (QED) is 0.715. The Kier molecular flexibility index (Phi) is 2.15. The molecule has 0 spiro atoms.